The molecule has 3 nitrogen and oxygen atoms in total. The third kappa shape index (κ3) is 2.71. The van der Waals surface area contributed by atoms with Crippen LogP contribution in [0.3, 0.4) is 0 Å². The summed E-state index contributed by atoms with van der Waals surface area (Å²) in [4.78, 5) is 12.1. The standard InChI is InChI=1S/C14H13BrN2O/c1-9-8-10(6-7-13(9)16)17-14(18)11-4-2-3-5-12(11)15/h2-8H,16H2,1H3,(H,17,18). The third-order valence-electron chi connectivity index (χ3n) is 2.65. The number of rotatable bonds is 2. The van der Waals surface area contributed by atoms with E-state index in [2.05, 4.69) is 21.2 Å². The van der Waals surface area contributed by atoms with Gasteiger partial charge in [-0.15, -0.1) is 0 Å². The molecule has 0 spiro atoms. The molecule has 0 saturated carbocycles. The van der Waals surface area contributed by atoms with Gasteiger partial charge in [0.15, 0.2) is 0 Å². The molecule has 0 aromatic heterocycles. The first-order valence-electron chi connectivity index (χ1n) is 5.50. The molecule has 0 aliphatic rings. The van der Waals surface area contributed by atoms with E-state index in [0.717, 1.165) is 15.7 Å². The van der Waals surface area contributed by atoms with E-state index in [0.29, 0.717) is 11.3 Å². The predicted octanol–water partition coefficient (Wildman–Crippen LogP) is 3.59. The van der Waals surface area contributed by atoms with Gasteiger partial charge in [-0.05, 0) is 58.7 Å². The van der Waals surface area contributed by atoms with E-state index in [-0.39, 0.29) is 5.91 Å². The van der Waals surface area contributed by atoms with E-state index >= 15 is 0 Å². The molecular formula is C14H13BrN2O. The van der Waals surface area contributed by atoms with Crippen LogP contribution in [0.5, 0.6) is 0 Å². The van der Waals surface area contributed by atoms with Crippen molar-refractivity contribution in [2.24, 2.45) is 0 Å². The number of carbonyl (C=O) groups is 1. The Labute approximate surface area is 114 Å². The van der Waals surface area contributed by atoms with Crippen molar-refractivity contribution in [3.8, 4) is 0 Å². The van der Waals surface area contributed by atoms with Crippen LogP contribution in [-0.4, -0.2) is 5.91 Å². The Morgan fingerprint density at radius 1 is 1.22 bits per heavy atom. The maximum atomic E-state index is 12.1. The number of aryl methyl sites for hydroxylation is 1. The van der Waals surface area contributed by atoms with Crippen LogP contribution in [0.2, 0.25) is 0 Å². The molecule has 0 aliphatic heterocycles. The molecule has 0 atom stereocenters. The highest BCUT2D eigenvalue weighted by molar-refractivity contribution is 9.10. The van der Waals surface area contributed by atoms with Crippen molar-refractivity contribution in [3.05, 3.63) is 58.1 Å². The molecule has 92 valence electrons. The van der Waals surface area contributed by atoms with Gasteiger partial charge in [0.25, 0.3) is 5.91 Å². The summed E-state index contributed by atoms with van der Waals surface area (Å²) >= 11 is 3.36. The maximum absolute atomic E-state index is 12.1. The van der Waals surface area contributed by atoms with E-state index in [1.54, 1.807) is 18.2 Å². The third-order valence-corrected chi connectivity index (χ3v) is 3.34. The van der Waals surface area contributed by atoms with Crippen LogP contribution < -0.4 is 11.1 Å². The molecule has 1 amide bonds. The van der Waals surface area contributed by atoms with Gasteiger partial charge in [-0.25, -0.2) is 0 Å². The van der Waals surface area contributed by atoms with Crippen molar-refractivity contribution in [1.29, 1.82) is 0 Å². The second-order valence-corrected chi connectivity index (χ2v) is 4.86. The number of hydrogen-bond donors (Lipinski definition) is 2. The molecule has 4 heteroatoms. The van der Waals surface area contributed by atoms with Crippen molar-refractivity contribution in [1.82, 2.24) is 0 Å². The van der Waals surface area contributed by atoms with Crippen LogP contribution in [0.4, 0.5) is 11.4 Å². The molecule has 0 fully saturated rings. The molecule has 0 aliphatic carbocycles. The molecule has 0 bridgehead atoms. The largest absolute Gasteiger partial charge is 0.399 e. The van der Waals surface area contributed by atoms with Crippen molar-refractivity contribution in [2.45, 2.75) is 6.92 Å². The summed E-state index contributed by atoms with van der Waals surface area (Å²) in [6, 6.07) is 12.7. The molecule has 2 aromatic carbocycles. The van der Waals surface area contributed by atoms with Crippen LogP contribution >= 0.6 is 15.9 Å². The zero-order valence-electron chi connectivity index (χ0n) is 9.91. The lowest BCUT2D eigenvalue weighted by Gasteiger charge is -2.08. The van der Waals surface area contributed by atoms with Gasteiger partial charge in [-0.2, -0.15) is 0 Å². The second kappa shape index (κ2) is 5.23. The number of anilines is 2. The lowest BCUT2D eigenvalue weighted by Crippen LogP contribution is -2.12. The van der Waals surface area contributed by atoms with Crippen molar-refractivity contribution >= 4 is 33.2 Å². The molecule has 0 radical (unpaired) electrons. The van der Waals surface area contributed by atoms with E-state index in [4.69, 9.17) is 5.73 Å². The van der Waals surface area contributed by atoms with Crippen LogP contribution in [0, 0.1) is 6.92 Å². The van der Waals surface area contributed by atoms with Crippen molar-refractivity contribution in [3.63, 3.8) is 0 Å². The fraction of sp³-hybridized carbons (Fsp3) is 0.0714. The smallest absolute Gasteiger partial charge is 0.256 e. The van der Waals surface area contributed by atoms with Gasteiger partial charge in [0.2, 0.25) is 0 Å². The number of benzene rings is 2. The highest BCUT2D eigenvalue weighted by Gasteiger charge is 2.09. The van der Waals surface area contributed by atoms with E-state index in [1.807, 2.05) is 31.2 Å². The maximum Gasteiger partial charge on any atom is 0.256 e. The normalized spacial score (nSPS) is 10.1. The van der Waals surface area contributed by atoms with Crippen LogP contribution in [0.25, 0.3) is 0 Å². The summed E-state index contributed by atoms with van der Waals surface area (Å²) < 4.78 is 0.773. The molecular weight excluding hydrogens is 292 g/mol. The van der Waals surface area contributed by atoms with Gasteiger partial charge in [-0.3, -0.25) is 4.79 Å². The number of carbonyl (C=O) groups excluding carboxylic acids is 1. The monoisotopic (exact) mass is 304 g/mol. The first-order valence-corrected chi connectivity index (χ1v) is 6.29. The summed E-state index contributed by atoms with van der Waals surface area (Å²) in [5, 5.41) is 2.84. The Morgan fingerprint density at radius 2 is 1.94 bits per heavy atom. The van der Waals surface area contributed by atoms with E-state index in [1.165, 1.54) is 0 Å². The van der Waals surface area contributed by atoms with Gasteiger partial charge in [0.1, 0.15) is 0 Å². The first kappa shape index (κ1) is 12.6. The number of halogens is 1. The minimum atomic E-state index is -0.147. The van der Waals surface area contributed by atoms with Crippen LogP contribution in [-0.2, 0) is 0 Å². The van der Waals surface area contributed by atoms with Gasteiger partial charge >= 0.3 is 0 Å². The molecule has 0 unspecified atom stereocenters. The fourth-order valence-corrected chi connectivity index (χ4v) is 2.06. The summed E-state index contributed by atoms with van der Waals surface area (Å²) in [5.41, 5.74) is 8.74. The lowest BCUT2D eigenvalue weighted by atomic mass is 10.1. The van der Waals surface area contributed by atoms with Crippen molar-refractivity contribution < 1.29 is 4.79 Å². The topological polar surface area (TPSA) is 55.1 Å². The lowest BCUT2D eigenvalue weighted by molar-refractivity contribution is 0.102. The Kier molecular flexibility index (Phi) is 3.67. The number of nitrogens with one attached hydrogen (secondary N) is 1. The van der Waals surface area contributed by atoms with Crippen molar-refractivity contribution in [2.75, 3.05) is 11.1 Å². The second-order valence-electron chi connectivity index (χ2n) is 4.01. The fourth-order valence-electron chi connectivity index (χ4n) is 1.60. The number of amides is 1. The van der Waals surface area contributed by atoms with Gasteiger partial charge in [-0.1, -0.05) is 12.1 Å². The summed E-state index contributed by atoms with van der Waals surface area (Å²) in [7, 11) is 0. The quantitative estimate of drug-likeness (QED) is 0.833. The van der Waals surface area contributed by atoms with E-state index < -0.39 is 0 Å². The number of nitrogens with two attached hydrogens (primary N) is 1. The molecule has 18 heavy (non-hydrogen) atoms. The average Bonchev–Trinajstić information content (AvgIpc) is 2.34. The number of nitrogen functional groups attached to an aromatic ring is 1. The highest BCUT2D eigenvalue weighted by atomic mass is 79.9. The van der Waals surface area contributed by atoms with Gasteiger partial charge in [0.05, 0.1) is 5.56 Å². The average molecular weight is 305 g/mol. The van der Waals surface area contributed by atoms with Gasteiger partial charge < -0.3 is 11.1 Å². The Morgan fingerprint density at radius 3 is 2.61 bits per heavy atom. The molecule has 2 aromatic rings. The predicted molar refractivity (Wildman–Crippen MR) is 77.7 cm³/mol. The minimum Gasteiger partial charge on any atom is -0.399 e. The van der Waals surface area contributed by atoms with Gasteiger partial charge in [0, 0.05) is 15.8 Å². The molecule has 3 N–H and O–H groups in total. The highest BCUT2D eigenvalue weighted by Crippen LogP contribution is 2.20. The van der Waals surface area contributed by atoms with E-state index in [9.17, 15) is 4.79 Å². The summed E-state index contributed by atoms with van der Waals surface area (Å²) in [6.07, 6.45) is 0. The Hall–Kier alpha value is -1.81. The Bertz CT molecular complexity index is 596. The van der Waals surface area contributed by atoms with Crippen LogP contribution in [0.15, 0.2) is 46.9 Å². The molecule has 2 rings (SSSR count). The SMILES string of the molecule is Cc1cc(NC(=O)c2ccccc2Br)ccc1N. The molecule has 0 saturated heterocycles. The summed E-state index contributed by atoms with van der Waals surface area (Å²) in [5.74, 6) is -0.147. The molecule has 0 heterocycles. The summed E-state index contributed by atoms with van der Waals surface area (Å²) in [6.45, 7) is 1.91. The zero-order chi connectivity index (χ0) is 13.1. The first-order chi connectivity index (χ1) is 8.58. The van der Waals surface area contributed by atoms with Crippen LogP contribution in [0.1, 0.15) is 15.9 Å². The Balaban J connectivity index is 2.22. The minimum absolute atomic E-state index is 0.147. The zero-order valence-corrected chi connectivity index (χ0v) is 11.5. The number of hydrogen-bond acceptors (Lipinski definition) is 2.